The van der Waals surface area contributed by atoms with Gasteiger partial charge in [-0.25, -0.2) is 8.78 Å². The van der Waals surface area contributed by atoms with E-state index < -0.39 is 23.1 Å². The predicted octanol–water partition coefficient (Wildman–Crippen LogP) is 6.06. The van der Waals surface area contributed by atoms with E-state index in [0.29, 0.717) is 5.69 Å². The maximum absolute atomic E-state index is 13.7. The van der Waals surface area contributed by atoms with Gasteiger partial charge in [-0.1, -0.05) is 54.1 Å². The number of nitrogens with one attached hydrogen (secondary N) is 1. The van der Waals surface area contributed by atoms with Crippen molar-refractivity contribution < 1.29 is 13.6 Å². The van der Waals surface area contributed by atoms with Crippen LogP contribution in [0, 0.1) is 11.6 Å². The Hall–Kier alpha value is -3.27. The minimum absolute atomic E-state index is 0.465. The molecule has 3 aromatic carbocycles. The van der Waals surface area contributed by atoms with Crippen LogP contribution in [0.25, 0.3) is 5.57 Å². The summed E-state index contributed by atoms with van der Waals surface area (Å²) in [5, 5.41) is 2.54. The van der Waals surface area contributed by atoms with Gasteiger partial charge in [0.05, 0.1) is 0 Å². The number of benzene rings is 3. The molecule has 0 spiro atoms. The van der Waals surface area contributed by atoms with Crippen molar-refractivity contribution in [2.45, 2.75) is 13.8 Å². The van der Waals surface area contributed by atoms with E-state index in [9.17, 15) is 13.6 Å². The third kappa shape index (κ3) is 4.11. The average Bonchev–Trinajstić information content (AvgIpc) is 2.64. The molecule has 4 heteroatoms. The fourth-order valence-corrected chi connectivity index (χ4v) is 2.98. The second kappa shape index (κ2) is 7.96. The van der Waals surface area contributed by atoms with Crippen LogP contribution in [-0.4, -0.2) is 5.91 Å². The Morgan fingerprint density at radius 3 is 1.85 bits per heavy atom. The van der Waals surface area contributed by atoms with Crippen molar-refractivity contribution in [3.8, 4) is 0 Å². The highest BCUT2D eigenvalue weighted by Crippen LogP contribution is 2.28. The first-order valence-corrected chi connectivity index (χ1v) is 8.56. The van der Waals surface area contributed by atoms with Crippen molar-refractivity contribution >= 4 is 17.2 Å². The summed E-state index contributed by atoms with van der Waals surface area (Å²) in [6.07, 6.45) is 0. The zero-order chi connectivity index (χ0) is 19.4. The zero-order valence-electron chi connectivity index (χ0n) is 15.1. The molecule has 0 aliphatic carbocycles. The van der Waals surface area contributed by atoms with Crippen LogP contribution in [0.4, 0.5) is 14.5 Å². The summed E-state index contributed by atoms with van der Waals surface area (Å²) in [6.45, 7) is 4.08. The van der Waals surface area contributed by atoms with Crippen LogP contribution in [0.1, 0.15) is 35.3 Å². The third-order valence-corrected chi connectivity index (χ3v) is 4.18. The summed E-state index contributed by atoms with van der Waals surface area (Å²) >= 11 is 0. The summed E-state index contributed by atoms with van der Waals surface area (Å²) in [6, 6.07) is 20.5. The molecule has 0 atom stereocenters. The molecule has 1 N–H and O–H groups in total. The van der Waals surface area contributed by atoms with Crippen molar-refractivity contribution in [2.24, 2.45) is 0 Å². The van der Waals surface area contributed by atoms with E-state index in [1.807, 2.05) is 56.3 Å². The van der Waals surface area contributed by atoms with E-state index in [1.54, 1.807) is 12.1 Å². The summed E-state index contributed by atoms with van der Waals surface area (Å²) in [7, 11) is 0. The van der Waals surface area contributed by atoms with E-state index in [2.05, 4.69) is 5.32 Å². The van der Waals surface area contributed by atoms with Crippen LogP contribution in [0.5, 0.6) is 0 Å². The fourth-order valence-electron chi connectivity index (χ4n) is 2.98. The van der Waals surface area contributed by atoms with E-state index in [0.717, 1.165) is 34.4 Å². The van der Waals surface area contributed by atoms with Crippen LogP contribution >= 0.6 is 0 Å². The van der Waals surface area contributed by atoms with Crippen LogP contribution in [0.3, 0.4) is 0 Å². The van der Waals surface area contributed by atoms with Gasteiger partial charge in [0.1, 0.15) is 17.2 Å². The normalized spacial score (nSPS) is 10.4. The first-order valence-electron chi connectivity index (χ1n) is 8.56. The Morgan fingerprint density at radius 1 is 0.741 bits per heavy atom. The van der Waals surface area contributed by atoms with Gasteiger partial charge in [-0.2, -0.15) is 0 Å². The second-order valence-electron chi connectivity index (χ2n) is 6.37. The number of rotatable bonds is 4. The Balaban J connectivity index is 1.85. The van der Waals surface area contributed by atoms with E-state index in [-0.39, 0.29) is 0 Å². The molecule has 0 unspecified atom stereocenters. The van der Waals surface area contributed by atoms with Crippen LogP contribution in [0.2, 0.25) is 0 Å². The van der Waals surface area contributed by atoms with Crippen LogP contribution < -0.4 is 5.32 Å². The minimum Gasteiger partial charge on any atom is -0.322 e. The highest BCUT2D eigenvalue weighted by Gasteiger charge is 2.17. The smallest absolute Gasteiger partial charge is 0.261 e. The molecule has 27 heavy (non-hydrogen) atoms. The van der Waals surface area contributed by atoms with Gasteiger partial charge >= 0.3 is 0 Å². The Morgan fingerprint density at radius 2 is 1.30 bits per heavy atom. The maximum atomic E-state index is 13.7. The molecule has 1 amide bonds. The lowest BCUT2D eigenvalue weighted by molar-refractivity contribution is 0.101. The molecule has 0 fully saturated rings. The Bertz CT molecular complexity index is 968. The van der Waals surface area contributed by atoms with Gasteiger partial charge in [-0.3, -0.25) is 4.79 Å². The number of halogens is 2. The standard InChI is InChI=1S/C23H19F2NO/c1-15(2)21(16-7-4-3-5-8-16)17-11-13-18(14-12-17)26-23(27)22-19(24)9-6-10-20(22)25/h3-14H,1-2H3,(H,26,27). The summed E-state index contributed by atoms with van der Waals surface area (Å²) in [5.41, 5.74) is 4.24. The number of amides is 1. The Labute approximate surface area is 157 Å². The van der Waals surface area contributed by atoms with Gasteiger partial charge in [-0.05, 0) is 54.8 Å². The van der Waals surface area contributed by atoms with Gasteiger partial charge in [0, 0.05) is 5.69 Å². The fraction of sp³-hybridized carbons (Fsp3) is 0.0870. The van der Waals surface area contributed by atoms with Crippen molar-refractivity contribution in [3.05, 3.63) is 107 Å². The highest BCUT2D eigenvalue weighted by atomic mass is 19.1. The number of anilines is 1. The molecule has 0 bridgehead atoms. The monoisotopic (exact) mass is 363 g/mol. The summed E-state index contributed by atoms with van der Waals surface area (Å²) in [4.78, 5) is 12.2. The largest absolute Gasteiger partial charge is 0.322 e. The van der Waals surface area contributed by atoms with Gasteiger partial charge in [0.25, 0.3) is 5.91 Å². The molecule has 0 saturated heterocycles. The molecule has 2 nitrogen and oxygen atoms in total. The highest BCUT2D eigenvalue weighted by molar-refractivity contribution is 6.04. The van der Waals surface area contributed by atoms with E-state index in [4.69, 9.17) is 0 Å². The summed E-state index contributed by atoms with van der Waals surface area (Å²) < 4.78 is 27.5. The first kappa shape index (κ1) is 18.5. The lowest BCUT2D eigenvalue weighted by atomic mass is 9.94. The van der Waals surface area contributed by atoms with Crippen LogP contribution in [-0.2, 0) is 0 Å². The van der Waals surface area contributed by atoms with Gasteiger partial charge in [0.2, 0.25) is 0 Å². The maximum Gasteiger partial charge on any atom is 0.261 e. The molecule has 3 rings (SSSR count). The quantitative estimate of drug-likeness (QED) is 0.600. The zero-order valence-corrected chi connectivity index (χ0v) is 15.1. The molecule has 0 radical (unpaired) electrons. The molecular weight excluding hydrogens is 344 g/mol. The molecule has 0 aliphatic heterocycles. The molecular formula is C23H19F2NO. The second-order valence-corrected chi connectivity index (χ2v) is 6.37. The lowest BCUT2D eigenvalue weighted by Gasteiger charge is -2.12. The lowest BCUT2D eigenvalue weighted by Crippen LogP contribution is -2.15. The van der Waals surface area contributed by atoms with E-state index >= 15 is 0 Å². The minimum atomic E-state index is -0.889. The van der Waals surface area contributed by atoms with Crippen molar-refractivity contribution in [1.82, 2.24) is 0 Å². The van der Waals surface area contributed by atoms with Crippen LogP contribution in [0.15, 0.2) is 78.4 Å². The number of hydrogen-bond acceptors (Lipinski definition) is 1. The first-order chi connectivity index (χ1) is 13.0. The average molecular weight is 363 g/mol. The molecule has 136 valence electrons. The number of carbonyl (C=O) groups is 1. The van der Waals surface area contributed by atoms with E-state index in [1.165, 1.54) is 6.07 Å². The molecule has 3 aromatic rings. The number of allylic oxidation sites excluding steroid dienone is 1. The summed E-state index contributed by atoms with van der Waals surface area (Å²) in [5.74, 6) is -2.59. The molecule has 0 aromatic heterocycles. The third-order valence-electron chi connectivity index (χ3n) is 4.18. The van der Waals surface area contributed by atoms with Gasteiger partial charge in [-0.15, -0.1) is 0 Å². The molecule has 0 heterocycles. The van der Waals surface area contributed by atoms with Gasteiger partial charge < -0.3 is 5.32 Å². The number of hydrogen-bond donors (Lipinski definition) is 1. The predicted molar refractivity (Wildman–Crippen MR) is 105 cm³/mol. The molecule has 0 aliphatic rings. The van der Waals surface area contributed by atoms with Crippen molar-refractivity contribution in [3.63, 3.8) is 0 Å². The SMILES string of the molecule is CC(C)=C(c1ccccc1)c1ccc(NC(=O)c2c(F)cccc2F)cc1. The molecule has 0 saturated carbocycles. The number of carbonyl (C=O) groups excluding carboxylic acids is 1. The Kier molecular flexibility index (Phi) is 5.46. The van der Waals surface area contributed by atoms with Gasteiger partial charge in [0.15, 0.2) is 0 Å². The topological polar surface area (TPSA) is 29.1 Å². The van der Waals surface area contributed by atoms with Crippen molar-refractivity contribution in [2.75, 3.05) is 5.32 Å². The van der Waals surface area contributed by atoms with Crippen molar-refractivity contribution in [1.29, 1.82) is 0 Å².